The summed E-state index contributed by atoms with van der Waals surface area (Å²) in [4.78, 5) is 48.2. The topological polar surface area (TPSA) is 69.7 Å². The number of carbonyl (C=O) groups is 3. The smallest absolute Gasteiger partial charge is 0.330 e. The highest BCUT2D eigenvalue weighted by atomic mass is 32.2. The number of fused-ring (bicyclic) bond motifs is 2. The van der Waals surface area contributed by atoms with Crippen LogP contribution < -0.4 is 4.74 Å². The third-order valence-electron chi connectivity index (χ3n) is 7.89. The first-order valence-corrected chi connectivity index (χ1v) is 19.6. The van der Waals surface area contributed by atoms with E-state index in [4.69, 9.17) is 9.47 Å². The van der Waals surface area contributed by atoms with E-state index in [0.717, 1.165) is 40.3 Å². The van der Waals surface area contributed by atoms with Crippen LogP contribution in [0.25, 0.3) is 0 Å². The molecule has 0 atom stereocenters. The molecular formula is C43H30O5S4. The third kappa shape index (κ3) is 8.08. The van der Waals surface area contributed by atoms with Crippen LogP contribution in [0.3, 0.4) is 0 Å². The Morgan fingerprint density at radius 1 is 0.481 bits per heavy atom. The summed E-state index contributed by atoms with van der Waals surface area (Å²) >= 11 is 5.89. The standard InChI is InChI=1S/C43H30O5S4/c1-2-37(44)48-27-26-47-28-18-20-32(21-19-28)52-36-25-24-35(51-31-16-10-5-11-17-31)40-41(36)43(46)39-34(50-30-14-8-4-9-15-30)23-22-33(38(39)42(40)45)49-29-12-6-3-7-13-29/h2-25H,1,26-27H2. The van der Waals surface area contributed by atoms with Gasteiger partial charge in [0.25, 0.3) is 0 Å². The summed E-state index contributed by atoms with van der Waals surface area (Å²) < 4.78 is 10.7. The number of carbonyl (C=O) groups excluding carboxylic acids is 3. The van der Waals surface area contributed by atoms with Crippen molar-refractivity contribution in [3.63, 3.8) is 0 Å². The number of rotatable bonds is 13. The molecule has 0 spiro atoms. The molecule has 0 fully saturated rings. The van der Waals surface area contributed by atoms with Crippen LogP contribution in [0.1, 0.15) is 31.8 Å². The largest absolute Gasteiger partial charge is 0.490 e. The Balaban J connectivity index is 1.30. The second kappa shape index (κ2) is 16.6. The fourth-order valence-corrected chi connectivity index (χ4v) is 9.46. The molecule has 1 aliphatic carbocycles. The zero-order valence-corrected chi connectivity index (χ0v) is 30.9. The molecule has 0 unspecified atom stereocenters. The van der Waals surface area contributed by atoms with E-state index >= 15 is 9.59 Å². The van der Waals surface area contributed by atoms with Crippen molar-refractivity contribution >= 4 is 64.6 Å². The molecule has 0 heterocycles. The Bertz CT molecular complexity index is 2260. The van der Waals surface area contributed by atoms with Crippen LogP contribution in [0.5, 0.6) is 5.75 Å². The number of ketones is 2. The molecule has 1 aliphatic rings. The van der Waals surface area contributed by atoms with Gasteiger partial charge < -0.3 is 9.47 Å². The van der Waals surface area contributed by atoms with Crippen LogP contribution in [-0.4, -0.2) is 30.7 Å². The minimum Gasteiger partial charge on any atom is -0.490 e. The van der Waals surface area contributed by atoms with E-state index in [1.165, 1.54) is 47.0 Å². The molecule has 256 valence electrons. The van der Waals surface area contributed by atoms with Crippen molar-refractivity contribution in [2.24, 2.45) is 0 Å². The van der Waals surface area contributed by atoms with Crippen molar-refractivity contribution in [3.8, 4) is 5.75 Å². The second-order valence-electron chi connectivity index (χ2n) is 11.3. The summed E-state index contributed by atoms with van der Waals surface area (Å²) in [5.74, 6) is -0.229. The van der Waals surface area contributed by atoms with E-state index < -0.39 is 5.97 Å². The molecule has 0 N–H and O–H groups in total. The predicted molar refractivity (Wildman–Crippen MR) is 209 cm³/mol. The van der Waals surface area contributed by atoms with Crippen LogP contribution in [0.4, 0.5) is 0 Å². The number of benzene rings is 6. The minimum absolute atomic E-state index is 0.106. The third-order valence-corrected chi connectivity index (χ3v) is 12.2. The fourth-order valence-electron chi connectivity index (χ4n) is 5.56. The zero-order valence-electron chi connectivity index (χ0n) is 27.7. The van der Waals surface area contributed by atoms with E-state index in [1.807, 2.05) is 140 Å². The lowest BCUT2D eigenvalue weighted by atomic mass is 9.84. The van der Waals surface area contributed by atoms with Gasteiger partial charge in [0.05, 0.1) is 0 Å². The Morgan fingerprint density at radius 3 is 1.17 bits per heavy atom. The van der Waals surface area contributed by atoms with Crippen molar-refractivity contribution in [2.75, 3.05) is 13.2 Å². The van der Waals surface area contributed by atoms with Gasteiger partial charge in [0.15, 0.2) is 11.6 Å². The summed E-state index contributed by atoms with van der Waals surface area (Å²) in [5.41, 5.74) is 1.69. The van der Waals surface area contributed by atoms with Gasteiger partial charge in [-0.1, -0.05) is 108 Å². The first kappa shape index (κ1) is 35.5. The maximum atomic E-state index is 15.1. The van der Waals surface area contributed by atoms with Crippen molar-refractivity contribution < 1.29 is 23.9 Å². The molecule has 9 heteroatoms. The number of esters is 1. The minimum atomic E-state index is -0.500. The van der Waals surface area contributed by atoms with Crippen molar-refractivity contribution in [2.45, 2.75) is 39.2 Å². The van der Waals surface area contributed by atoms with Crippen molar-refractivity contribution in [1.29, 1.82) is 0 Å². The number of hydrogen-bond acceptors (Lipinski definition) is 9. The predicted octanol–water partition coefficient (Wildman–Crippen LogP) is 11.2. The fraction of sp³-hybridized carbons (Fsp3) is 0.0465. The van der Waals surface area contributed by atoms with E-state index in [9.17, 15) is 4.79 Å². The maximum absolute atomic E-state index is 15.1. The zero-order chi connectivity index (χ0) is 35.9. The summed E-state index contributed by atoms with van der Waals surface area (Å²) in [7, 11) is 0. The van der Waals surface area contributed by atoms with Gasteiger partial charge in [0.2, 0.25) is 0 Å². The van der Waals surface area contributed by atoms with Gasteiger partial charge in [-0.05, 0) is 84.9 Å². The molecule has 0 amide bonds. The van der Waals surface area contributed by atoms with Gasteiger partial charge in [-0.2, -0.15) is 0 Å². The highest BCUT2D eigenvalue weighted by Gasteiger charge is 2.38. The van der Waals surface area contributed by atoms with Crippen LogP contribution in [-0.2, 0) is 9.53 Å². The molecule has 52 heavy (non-hydrogen) atoms. The first-order valence-electron chi connectivity index (χ1n) is 16.3. The lowest BCUT2D eigenvalue weighted by molar-refractivity contribution is -0.138. The van der Waals surface area contributed by atoms with Gasteiger partial charge in [-0.15, -0.1) is 0 Å². The SMILES string of the molecule is C=CC(=O)OCCOc1ccc(Sc2ccc(Sc3ccccc3)c3c2C(=O)c2c(Sc4ccccc4)ccc(Sc4ccccc4)c2C3=O)cc1. The van der Waals surface area contributed by atoms with Crippen molar-refractivity contribution in [3.05, 3.63) is 174 Å². The molecule has 0 saturated carbocycles. The Kier molecular flexibility index (Phi) is 11.3. The van der Waals surface area contributed by atoms with Gasteiger partial charge in [-0.3, -0.25) is 9.59 Å². The molecule has 6 aromatic rings. The Hall–Kier alpha value is -4.93. The Labute approximate surface area is 319 Å². The summed E-state index contributed by atoms with van der Waals surface area (Å²) in [6.07, 6.45) is 1.11. The normalized spacial score (nSPS) is 11.8. The highest BCUT2D eigenvalue weighted by Crippen LogP contribution is 2.48. The molecule has 7 rings (SSSR count). The summed E-state index contributed by atoms with van der Waals surface area (Å²) in [6, 6.07) is 45.0. The van der Waals surface area contributed by atoms with E-state index in [1.54, 1.807) is 0 Å². The van der Waals surface area contributed by atoms with Gasteiger partial charge in [-0.25, -0.2) is 4.79 Å². The summed E-state index contributed by atoms with van der Waals surface area (Å²) in [6.45, 7) is 3.70. The second-order valence-corrected chi connectivity index (χ2v) is 15.8. The molecule has 0 bridgehead atoms. The van der Waals surface area contributed by atoms with Gasteiger partial charge in [0, 0.05) is 67.5 Å². The summed E-state index contributed by atoms with van der Waals surface area (Å²) in [5, 5.41) is 0. The molecule has 0 saturated heterocycles. The molecular weight excluding hydrogens is 725 g/mol. The van der Waals surface area contributed by atoms with Crippen LogP contribution in [0, 0.1) is 0 Å². The van der Waals surface area contributed by atoms with E-state index in [0.29, 0.717) is 32.9 Å². The molecule has 6 aromatic carbocycles. The first-order chi connectivity index (χ1) is 25.5. The van der Waals surface area contributed by atoms with Crippen LogP contribution in [0.15, 0.2) is 191 Å². The lowest BCUT2D eigenvalue weighted by Gasteiger charge is -2.26. The molecule has 5 nitrogen and oxygen atoms in total. The molecule has 0 radical (unpaired) electrons. The van der Waals surface area contributed by atoms with Crippen molar-refractivity contribution in [1.82, 2.24) is 0 Å². The van der Waals surface area contributed by atoms with Gasteiger partial charge in [0.1, 0.15) is 19.0 Å². The highest BCUT2D eigenvalue weighted by molar-refractivity contribution is 8.00. The number of hydrogen-bond donors (Lipinski definition) is 0. The number of ether oxygens (including phenoxy) is 2. The average molecular weight is 755 g/mol. The maximum Gasteiger partial charge on any atom is 0.330 e. The van der Waals surface area contributed by atoms with E-state index in [-0.39, 0.29) is 24.8 Å². The lowest BCUT2D eigenvalue weighted by Crippen LogP contribution is -2.24. The monoisotopic (exact) mass is 754 g/mol. The molecule has 0 aromatic heterocycles. The molecule has 0 aliphatic heterocycles. The average Bonchev–Trinajstić information content (AvgIpc) is 3.18. The van der Waals surface area contributed by atoms with E-state index in [2.05, 4.69) is 6.58 Å². The quantitative estimate of drug-likeness (QED) is 0.0650. The van der Waals surface area contributed by atoms with Crippen LogP contribution in [0.2, 0.25) is 0 Å². The Morgan fingerprint density at radius 2 is 0.827 bits per heavy atom. The van der Waals surface area contributed by atoms with Gasteiger partial charge >= 0.3 is 5.97 Å². The van der Waals surface area contributed by atoms with Crippen LogP contribution >= 0.6 is 47.0 Å².